The zero-order valence-electron chi connectivity index (χ0n) is 20.4. The highest BCUT2D eigenvalue weighted by molar-refractivity contribution is 7.13. The number of thiophene rings is 1. The van der Waals surface area contributed by atoms with Crippen LogP contribution in [0.5, 0.6) is 0 Å². The number of hydrogen-bond donors (Lipinski definition) is 2. The van der Waals surface area contributed by atoms with Crippen LogP contribution >= 0.6 is 11.3 Å². The van der Waals surface area contributed by atoms with Crippen molar-refractivity contribution in [3.63, 3.8) is 0 Å². The van der Waals surface area contributed by atoms with E-state index >= 15 is 0 Å². The number of carbonyl (C=O) groups excluding carboxylic acids is 1. The number of aliphatic hydroxyl groups is 1. The van der Waals surface area contributed by atoms with Gasteiger partial charge in [0.1, 0.15) is 16.2 Å². The third-order valence-electron chi connectivity index (χ3n) is 6.71. The highest BCUT2D eigenvalue weighted by atomic mass is 32.1. The summed E-state index contributed by atoms with van der Waals surface area (Å²) in [5.41, 5.74) is 2.83. The summed E-state index contributed by atoms with van der Waals surface area (Å²) in [5.74, 6) is 0.0194. The Morgan fingerprint density at radius 3 is 2.81 bits per heavy atom. The first-order chi connectivity index (χ1) is 18.0. The zero-order valence-corrected chi connectivity index (χ0v) is 21.2. The number of fused-ring (bicyclic) bond motifs is 1. The van der Waals surface area contributed by atoms with E-state index in [1.807, 2.05) is 71.6 Å². The fraction of sp³-hybridized carbons (Fsp3) is 0.267. The molecular formula is C30H29NO5S. The molecule has 0 spiro atoms. The van der Waals surface area contributed by atoms with Crippen LogP contribution in [0.25, 0.3) is 22.3 Å². The van der Waals surface area contributed by atoms with Crippen molar-refractivity contribution in [2.45, 2.75) is 44.2 Å². The quantitative estimate of drug-likeness (QED) is 0.255. The lowest BCUT2D eigenvalue weighted by molar-refractivity contribution is -0.128. The van der Waals surface area contributed by atoms with Crippen molar-refractivity contribution in [3.8, 4) is 11.3 Å². The van der Waals surface area contributed by atoms with Gasteiger partial charge in [-0.25, -0.2) is 4.79 Å². The van der Waals surface area contributed by atoms with Gasteiger partial charge in [-0.3, -0.25) is 4.79 Å². The summed E-state index contributed by atoms with van der Waals surface area (Å²) in [6, 6.07) is 21.4. The molecule has 5 rings (SSSR count). The van der Waals surface area contributed by atoms with Gasteiger partial charge in [0, 0.05) is 35.2 Å². The highest BCUT2D eigenvalue weighted by Gasteiger charge is 2.28. The minimum Gasteiger partial charge on any atom is -0.477 e. The number of furan rings is 1. The topological polar surface area (TPSA) is 91.0 Å². The zero-order chi connectivity index (χ0) is 25.8. The molecule has 0 saturated carbocycles. The van der Waals surface area contributed by atoms with E-state index in [1.54, 1.807) is 12.1 Å². The number of aryl methyl sites for hydroxylation is 1. The van der Waals surface area contributed by atoms with Crippen molar-refractivity contribution in [2.75, 3.05) is 6.54 Å². The highest BCUT2D eigenvalue weighted by Crippen LogP contribution is 2.28. The largest absolute Gasteiger partial charge is 0.477 e. The number of carbonyl (C=O) groups is 2. The SMILES string of the molecule is O=C(O)c1ccc(CCCN2C(=O)CCC2/C=C/[C@@H](O)Cc2cccc(-c3cc4ccccc4o3)c2)s1. The Hall–Kier alpha value is -3.68. The van der Waals surface area contributed by atoms with Crippen LogP contribution in [0, 0.1) is 0 Å². The monoisotopic (exact) mass is 515 g/mol. The Balaban J connectivity index is 1.17. The van der Waals surface area contributed by atoms with Crippen LogP contribution in [0.15, 0.2) is 83.3 Å². The van der Waals surface area contributed by atoms with E-state index in [2.05, 4.69) is 0 Å². The smallest absolute Gasteiger partial charge is 0.345 e. The van der Waals surface area contributed by atoms with Gasteiger partial charge in [0.25, 0.3) is 0 Å². The Labute approximate surface area is 219 Å². The Bertz CT molecular complexity index is 1400. The summed E-state index contributed by atoms with van der Waals surface area (Å²) in [5, 5.41) is 20.8. The second-order valence-corrected chi connectivity index (χ2v) is 10.5. The number of carboxylic acids is 1. The lowest BCUT2D eigenvalue weighted by atomic mass is 10.0. The van der Waals surface area contributed by atoms with Gasteiger partial charge in [-0.05, 0) is 55.2 Å². The lowest BCUT2D eigenvalue weighted by Crippen LogP contribution is -2.33. The molecule has 1 saturated heterocycles. The van der Waals surface area contributed by atoms with Crippen LogP contribution < -0.4 is 0 Å². The summed E-state index contributed by atoms with van der Waals surface area (Å²) in [4.78, 5) is 26.7. The molecule has 2 aromatic carbocycles. The standard InChI is InChI=1S/C30H29NO5S/c32-24(18-20-5-3-7-21(17-20)27-19-22-6-1-2-9-26(22)36-27)12-10-23-11-15-29(33)31(23)16-4-8-25-13-14-28(37-25)30(34)35/h1-3,5-7,9-10,12-14,17,19,23-24,32H,4,8,11,15-16,18H2,(H,34,35)/b12-10+/t23?,24-/m1/s1. The summed E-state index contributed by atoms with van der Waals surface area (Å²) < 4.78 is 5.98. The predicted molar refractivity (Wildman–Crippen MR) is 145 cm³/mol. The van der Waals surface area contributed by atoms with Gasteiger partial charge in [-0.15, -0.1) is 11.3 Å². The number of amides is 1. The van der Waals surface area contributed by atoms with E-state index < -0.39 is 12.1 Å². The lowest BCUT2D eigenvalue weighted by Gasteiger charge is -2.22. The molecule has 1 aliphatic heterocycles. The van der Waals surface area contributed by atoms with Gasteiger partial charge < -0.3 is 19.5 Å². The number of nitrogens with zero attached hydrogens (tertiary/aromatic N) is 1. The number of aromatic carboxylic acids is 1. The first-order valence-electron chi connectivity index (χ1n) is 12.5. The van der Waals surface area contributed by atoms with Gasteiger partial charge in [0.15, 0.2) is 0 Å². The number of carboxylic acid groups (broad SMARTS) is 1. The Morgan fingerprint density at radius 2 is 2.00 bits per heavy atom. The summed E-state index contributed by atoms with van der Waals surface area (Å²) in [7, 11) is 0. The molecule has 0 bridgehead atoms. The third-order valence-corrected chi connectivity index (χ3v) is 7.84. The number of aliphatic hydroxyl groups excluding tert-OH is 1. The Morgan fingerprint density at radius 1 is 1.14 bits per heavy atom. The predicted octanol–water partition coefficient (Wildman–Crippen LogP) is 5.94. The van der Waals surface area contributed by atoms with Crippen molar-refractivity contribution in [1.82, 2.24) is 4.90 Å². The molecule has 0 aliphatic carbocycles. The maximum atomic E-state index is 12.4. The van der Waals surface area contributed by atoms with E-state index in [9.17, 15) is 14.7 Å². The summed E-state index contributed by atoms with van der Waals surface area (Å²) in [6.45, 7) is 0.615. The van der Waals surface area contributed by atoms with Crippen LogP contribution in [0.3, 0.4) is 0 Å². The number of para-hydroxylation sites is 1. The van der Waals surface area contributed by atoms with Crippen molar-refractivity contribution in [1.29, 1.82) is 0 Å². The van der Waals surface area contributed by atoms with Crippen molar-refractivity contribution in [3.05, 3.63) is 94.2 Å². The average Bonchev–Trinajstić information content (AvgIpc) is 3.62. The maximum Gasteiger partial charge on any atom is 0.345 e. The Kier molecular flexibility index (Phi) is 7.53. The second-order valence-electron chi connectivity index (χ2n) is 9.37. The molecule has 4 aromatic rings. The summed E-state index contributed by atoms with van der Waals surface area (Å²) in [6.07, 6.45) is 6.31. The molecule has 1 fully saturated rings. The number of rotatable bonds is 10. The first-order valence-corrected chi connectivity index (χ1v) is 13.3. The minimum absolute atomic E-state index is 0.0260. The average molecular weight is 516 g/mol. The molecule has 190 valence electrons. The van der Waals surface area contributed by atoms with Crippen LogP contribution in [-0.4, -0.2) is 45.7 Å². The van der Waals surface area contributed by atoms with Gasteiger partial charge >= 0.3 is 5.97 Å². The molecule has 1 aliphatic rings. The fourth-order valence-corrected chi connectivity index (χ4v) is 5.73. The molecule has 1 unspecified atom stereocenters. The van der Waals surface area contributed by atoms with Gasteiger partial charge in [-0.1, -0.05) is 48.6 Å². The van der Waals surface area contributed by atoms with Crippen LogP contribution in [-0.2, 0) is 17.6 Å². The fourth-order valence-electron chi connectivity index (χ4n) is 4.84. The van der Waals surface area contributed by atoms with E-state index in [0.29, 0.717) is 24.3 Å². The molecule has 2 aromatic heterocycles. The van der Waals surface area contributed by atoms with Gasteiger partial charge in [0.2, 0.25) is 5.91 Å². The van der Waals surface area contributed by atoms with E-state index in [0.717, 1.165) is 52.0 Å². The number of likely N-dealkylation sites (tertiary alicyclic amines) is 1. The first kappa shape index (κ1) is 25.0. The minimum atomic E-state index is -0.906. The van der Waals surface area contributed by atoms with Crippen molar-refractivity contribution >= 4 is 34.2 Å². The normalized spacial score (nSPS) is 16.7. The van der Waals surface area contributed by atoms with Crippen molar-refractivity contribution < 1.29 is 24.2 Å². The molecule has 6 nitrogen and oxygen atoms in total. The third kappa shape index (κ3) is 6.01. The maximum absolute atomic E-state index is 12.4. The second kappa shape index (κ2) is 11.2. The van der Waals surface area contributed by atoms with Crippen LogP contribution in [0.1, 0.15) is 39.4 Å². The number of hydrogen-bond acceptors (Lipinski definition) is 5. The molecule has 1 amide bonds. The van der Waals surface area contributed by atoms with Crippen LogP contribution in [0.2, 0.25) is 0 Å². The van der Waals surface area contributed by atoms with E-state index in [-0.39, 0.29) is 11.9 Å². The molecule has 2 N–H and O–H groups in total. The van der Waals surface area contributed by atoms with Gasteiger partial charge in [-0.2, -0.15) is 0 Å². The van der Waals surface area contributed by atoms with E-state index in [4.69, 9.17) is 9.52 Å². The van der Waals surface area contributed by atoms with Crippen LogP contribution in [0.4, 0.5) is 0 Å². The van der Waals surface area contributed by atoms with Gasteiger partial charge in [0.05, 0.1) is 12.1 Å². The summed E-state index contributed by atoms with van der Waals surface area (Å²) >= 11 is 1.28. The molecule has 7 heteroatoms. The number of benzene rings is 2. The molecule has 3 heterocycles. The van der Waals surface area contributed by atoms with Crippen molar-refractivity contribution in [2.24, 2.45) is 0 Å². The molecule has 37 heavy (non-hydrogen) atoms. The molecular weight excluding hydrogens is 486 g/mol. The molecule has 0 radical (unpaired) electrons. The van der Waals surface area contributed by atoms with E-state index in [1.165, 1.54) is 11.3 Å². The molecule has 2 atom stereocenters.